The number of esters is 1. The molecule has 4 nitrogen and oxygen atoms in total. The van der Waals surface area contributed by atoms with Crippen LogP contribution in [0.5, 0.6) is 0 Å². The van der Waals surface area contributed by atoms with Crippen LogP contribution >= 0.6 is 0 Å². The average Bonchev–Trinajstić information content (AvgIpc) is 1.85. The van der Waals surface area contributed by atoms with E-state index in [4.69, 9.17) is 0 Å². The van der Waals surface area contributed by atoms with Gasteiger partial charge in [0.25, 0.3) is 0 Å². The highest BCUT2D eigenvalue weighted by atomic mass is 16.5. The molecule has 0 aromatic carbocycles. The first kappa shape index (κ1) is 7.81. The lowest BCUT2D eigenvalue weighted by atomic mass is 10.6. The van der Waals surface area contributed by atoms with Gasteiger partial charge in [0.2, 0.25) is 0 Å². The van der Waals surface area contributed by atoms with Crippen LogP contribution in [0.4, 0.5) is 0 Å². The second kappa shape index (κ2) is 4.96. The third-order valence-electron chi connectivity index (χ3n) is 0.558. The molecule has 0 atom stereocenters. The number of carbonyl (C=O) groups is 1. The summed E-state index contributed by atoms with van der Waals surface area (Å²) >= 11 is 0. The maximum atomic E-state index is 10.3. The topological polar surface area (TPSA) is 55.7 Å². The normalized spacial score (nSPS) is 9.44. The molecule has 0 radical (unpaired) electrons. The van der Waals surface area contributed by atoms with Gasteiger partial charge in [-0.2, -0.15) is 0 Å². The highest BCUT2D eigenvalue weighted by Crippen LogP contribution is 1.80. The Balaban J connectivity index is 3.49. The summed E-state index contributed by atoms with van der Waals surface area (Å²) in [6.45, 7) is 1.99. The van der Waals surface area contributed by atoms with Gasteiger partial charge in [-0.25, -0.2) is 4.79 Å². The van der Waals surface area contributed by atoms with Gasteiger partial charge in [-0.05, 0) is 12.1 Å². The molecule has 0 heterocycles. The van der Waals surface area contributed by atoms with E-state index in [1.165, 1.54) is 0 Å². The molecule has 0 spiro atoms. The van der Waals surface area contributed by atoms with E-state index in [0.717, 1.165) is 12.3 Å². The van der Waals surface area contributed by atoms with E-state index in [2.05, 4.69) is 9.91 Å². The van der Waals surface area contributed by atoms with Crippen molar-refractivity contribution < 1.29 is 9.53 Å². The number of nitroso groups, excluding NO2 is 1. The third-order valence-corrected chi connectivity index (χ3v) is 0.558. The molecule has 0 saturated heterocycles. The zero-order valence-electron chi connectivity index (χ0n) is 5.03. The van der Waals surface area contributed by atoms with Crippen molar-refractivity contribution in [1.82, 2.24) is 0 Å². The van der Waals surface area contributed by atoms with Gasteiger partial charge in [0.05, 0.1) is 12.8 Å². The van der Waals surface area contributed by atoms with Crippen molar-refractivity contribution in [2.24, 2.45) is 5.18 Å². The molecule has 9 heavy (non-hydrogen) atoms. The monoisotopic (exact) mass is 129 g/mol. The lowest BCUT2D eigenvalue weighted by Gasteiger charge is -1.91. The van der Waals surface area contributed by atoms with Gasteiger partial charge in [0.1, 0.15) is 0 Å². The number of carbonyl (C=O) groups excluding carboxylic acids is 1. The first-order chi connectivity index (χ1) is 4.31. The van der Waals surface area contributed by atoms with Crippen molar-refractivity contribution in [3.8, 4) is 0 Å². The molecule has 0 rings (SSSR count). The Kier molecular flexibility index (Phi) is 4.30. The SMILES string of the molecule is CCOC(=O)C=CN=O. The van der Waals surface area contributed by atoms with Crippen molar-refractivity contribution >= 4 is 5.97 Å². The first-order valence-corrected chi connectivity index (χ1v) is 2.47. The third kappa shape index (κ3) is 4.67. The Morgan fingerprint density at radius 2 is 2.44 bits per heavy atom. The van der Waals surface area contributed by atoms with Gasteiger partial charge in [0, 0.05) is 6.08 Å². The van der Waals surface area contributed by atoms with Crippen LogP contribution in [0.2, 0.25) is 0 Å². The van der Waals surface area contributed by atoms with E-state index in [-0.39, 0.29) is 0 Å². The molecule has 50 valence electrons. The number of nitrogens with zero attached hydrogens (tertiary/aromatic N) is 1. The summed E-state index contributed by atoms with van der Waals surface area (Å²) in [7, 11) is 0. The molecule has 4 heteroatoms. The molecule has 0 fully saturated rings. The van der Waals surface area contributed by atoms with Crippen LogP contribution in [0, 0.1) is 4.91 Å². The van der Waals surface area contributed by atoms with Crippen molar-refractivity contribution in [3.05, 3.63) is 17.2 Å². The van der Waals surface area contributed by atoms with Crippen molar-refractivity contribution in [2.45, 2.75) is 6.92 Å². The maximum absolute atomic E-state index is 10.3. The summed E-state index contributed by atoms with van der Waals surface area (Å²) < 4.78 is 4.42. The van der Waals surface area contributed by atoms with Crippen LogP contribution in [-0.4, -0.2) is 12.6 Å². The second-order valence-electron chi connectivity index (χ2n) is 1.17. The Morgan fingerprint density at radius 1 is 1.78 bits per heavy atom. The zero-order chi connectivity index (χ0) is 7.11. The highest BCUT2D eigenvalue weighted by Gasteiger charge is 1.90. The lowest BCUT2D eigenvalue weighted by Crippen LogP contribution is -1.98. The molecule has 0 aliphatic carbocycles. The van der Waals surface area contributed by atoms with Gasteiger partial charge in [-0.15, -0.1) is 4.91 Å². The Bertz CT molecular complexity index is 130. The molecule has 0 aliphatic rings. The smallest absolute Gasteiger partial charge is 0.332 e. The molecule has 0 aromatic rings. The second-order valence-corrected chi connectivity index (χ2v) is 1.17. The van der Waals surface area contributed by atoms with Crippen LogP contribution in [0.3, 0.4) is 0 Å². The minimum atomic E-state index is -0.544. The minimum Gasteiger partial charge on any atom is -0.463 e. The quantitative estimate of drug-likeness (QED) is 0.322. The summed E-state index contributed by atoms with van der Waals surface area (Å²) in [6, 6.07) is 0. The van der Waals surface area contributed by atoms with E-state index in [1.54, 1.807) is 6.92 Å². The predicted octanol–water partition coefficient (Wildman–Crippen LogP) is 0.830. The van der Waals surface area contributed by atoms with Crippen LogP contribution in [-0.2, 0) is 9.53 Å². The fraction of sp³-hybridized carbons (Fsp3) is 0.400. The summed E-state index contributed by atoms with van der Waals surface area (Å²) in [5.74, 6) is -0.544. The molecule has 0 saturated carbocycles. The van der Waals surface area contributed by atoms with Gasteiger partial charge < -0.3 is 4.74 Å². The van der Waals surface area contributed by atoms with Crippen LogP contribution < -0.4 is 0 Å². The van der Waals surface area contributed by atoms with Crippen LogP contribution in [0.25, 0.3) is 0 Å². The Morgan fingerprint density at radius 3 is 2.89 bits per heavy atom. The van der Waals surface area contributed by atoms with Crippen LogP contribution in [0.15, 0.2) is 17.5 Å². The molecular weight excluding hydrogens is 122 g/mol. The van der Waals surface area contributed by atoms with Crippen molar-refractivity contribution in [3.63, 3.8) is 0 Å². The largest absolute Gasteiger partial charge is 0.463 e. The average molecular weight is 129 g/mol. The van der Waals surface area contributed by atoms with Gasteiger partial charge in [0.15, 0.2) is 0 Å². The summed E-state index contributed by atoms with van der Waals surface area (Å²) in [5.41, 5.74) is 0. The van der Waals surface area contributed by atoms with E-state index >= 15 is 0 Å². The number of ether oxygens (including phenoxy) is 1. The molecule has 0 N–H and O–H groups in total. The maximum Gasteiger partial charge on any atom is 0.332 e. The fourth-order valence-electron chi connectivity index (χ4n) is 0.282. The number of rotatable bonds is 3. The number of hydrogen-bond acceptors (Lipinski definition) is 4. The van der Waals surface area contributed by atoms with E-state index in [0.29, 0.717) is 6.61 Å². The molecule has 0 aromatic heterocycles. The Hall–Kier alpha value is -1.19. The van der Waals surface area contributed by atoms with Crippen molar-refractivity contribution in [2.75, 3.05) is 6.61 Å². The summed E-state index contributed by atoms with van der Waals surface area (Å²) in [4.78, 5) is 19.7. The lowest BCUT2D eigenvalue weighted by molar-refractivity contribution is -0.137. The van der Waals surface area contributed by atoms with E-state index in [1.807, 2.05) is 0 Å². The molecule has 0 unspecified atom stereocenters. The fourth-order valence-corrected chi connectivity index (χ4v) is 0.282. The Labute approximate surface area is 52.5 Å². The van der Waals surface area contributed by atoms with E-state index in [9.17, 15) is 9.70 Å². The minimum absolute atomic E-state index is 0.308. The zero-order valence-corrected chi connectivity index (χ0v) is 5.03. The highest BCUT2D eigenvalue weighted by molar-refractivity contribution is 5.81. The van der Waals surface area contributed by atoms with E-state index < -0.39 is 5.97 Å². The van der Waals surface area contributed by atoms with Crippen molar-refractivity contribution in [1.29, 1.82) is 0 Å². The van der Waals surface area contributed by atoms with Gasteiger partial charge in [-0.3, -0.25) is 0 Å². The predicted molar refractivity (Wildman–Crippen MR) is 31.6 cm³/mol. The first-order valence-electron chi connectivity index (χ1n) is 2.47. The van der Waals surface area contributed by atoms with Gasteiger partial charge >= 0.3 is 5.97 Å². The molecular formula is C5H7NO3. The summed E-state index contributed by atoms with van der Waals surface area (Å²) in [6.07, 6.45) is 1.81. The standard InChI is InChI=1S/C5H7NO3/c1-2-9-5(7)3-4-6-8/h3-4H,2H2,1H3. The summed E-state index contributed by atoms with van der Waals surface area (Å²) in [5, 5.41) is 2.33. The van der Waals surface area contributed by atoms with Crippen LogP contribution in [0.1, 0.15) is 6.92 Å². The number of hydrogen-bond donors (Lipinski definition) is 0. The molecule has 0 aliphatic heterocycles. The van der Waals surface area contributed by atoms with Gasteiger partial charge in [-0.1, -0.05) is 0 Å². The molecule has 0 amide bonds. The molecule has 0 bridgehead atoms.